The van der Waals surface area contributed by atoms with Gasteiger partial charge in [0.15, 0.2) is 5.82 Å². The first-order valence-corrected chi connectivity index (χ1v) is 7.00. The van der Waals surface area contributed by atoms with Crippen LogP contribution >= 0.6 is 0 Å². The van der Waals surface area contributed by atoms with Gasteiger partial charge in [0.2, 0.25) is 5.89 Å². The molecule has 2 heterocycles. The van der Waals surface area contributed by atoms with Crippen molar-refractivity contribution in [1.29, 1.82) is 0 Å². The minimum absolute atomic E-state index is 0.186. The standard InChI is InChI=1S/C13H22N4O/c1-3-13(5-4-6-13)12-15-11(16-18-12)10-9-14-7-8-17(10)2/h10,14H,3-9H2,1-2H3. The van der Waals surface area contributed by atoms with Gasteiger partial charge >= 0.3 is 0 Å². The Balaban J connectivity index is 1.80. The van der Waals surface area contributed by atoms with Crippen LogP contribution in [0.15, 0.2) is 4.52 Å². The van der Waals surface area contributed by atoms with Gasteiger partial charge in [-0.25, -0.2) is 0 Å². The summed E-state index contributed by atoms with van der Waals surface area (Å²) < 4.78 is 5.55. The molecule has 0 spiro atoms. The van der Waals surface area contributed by atoms with Crippen molar-refractivity contribution in [3.05, 3.63) is 11.7 Å². The Kier molecular flexibility index (Phi) is 3.11. The van der Waals surface area contributed by atoms with Crippen molar-refractivity contribution in [2.24, 2.45) is 0 Å². The molecule has 1 aromatic rings. The smallest absolute Gasteiger partial charge is 0.232 e. The van der Waals surface area contributed by atoms with E-state index in [0.717, 1.165) is 37.8 Å². The monoisotopic (exact) mass is 250 g/mol. The van der Waals surface area contributed by atoms with E-state index < -0.39 is 0 Å². The highest BCUT2D eigenvalue weighted by Gasteiger charge is 2.42. The first kappa shape index (κ1) is 12.1. The molecule has 1 saturated heterocycles. The van der Waals surface area contributed by atoms with Crippen molar-refractivity contribution in [2.75, 3.05) is 26.7 Å². The van der Waals surface area contributed by atoms with Gasteiger partial charge in [-0.1, -0.05) is 18.5 Å². The van der Waals surface area contributed by atoms with Crippen molar-refractivity contribution in [1.82, 2.24) is 20.4 Å². The van der Waals surface area contributed by atoms with E-state index in [1.165, 1.54) is 19.3 Å². The molecule has 0 aromatic carbocycles. The summed E-state index contributed by atoms with van der Waals surface area (Å²) in [6.45, 7) is 5.20. The minimum Gasteiger partial charge on any atom is -0.339 e. The highest BCUT2D eigenvalue weighted by Crippen LogP contribution is 2.45. The molecule has 2 fully saturated rings. The molecule has 18 heavy (non-hydrogen) atoms. The number of nitrogens with zero attached hydrogens (tertiary/aromatic N) is 3. The lowest BCUT2D eigenvalue weighted by atomic mass is 9.67. The topological polar surface area (TPSA) is 54.2 Å². The lowest BCUT2D eigenvalue weighted by Crippen LogP contribution is -2.44. The number of hydrogen-bond donors (Lipinski definition) is 1. The van der Waals surface area contributed by atoms with Gasteiger partial charge in [-0.2, -0.15) is 4.98 Å². The van der Waals surface area contributed by atoms with Gasteiger partial charge < -0.3 is 9.84 Å². The number of nitrogens with one attached hydrogen (secondary N) is 1. The Morgan fingerprint density at radius 1 is 1.50 bits per heavy atom. The molecule has 0 bridgehead atoms. The number of likely N-dealkylation sites (N-methyl/N-ethyl adjacent to an activating group) is 1. The van der Waals surface area contributed by atoms with Crippen molar-refractivity contribution >= 4 is 0 Å². The Labute approximate surface area is 108 Å². The van der Waals surface area contributed by atoms with Crippen molar-refractivity contribution in [3.63, 3.8) is 0 Å². The zero-order valence-electron chi connectivity index (χ0n) is 11.3. The SMILES string of the molecule is CCC1(c2nc(C3CNCCN3C)no2)CCC1. The van der Waals surface area contributed by atoms with E-state index in [1.54, 1.807) is 0 Å². The van der Waals surface area contributed by atoms with Crippen LogP contribution in [0.4, 0.5) is 0 Å². The second-order valence-corrected chi connectivity index (χ2v) is 5.65. The fourth-order valence-electron chi connectivity index (χ4n) is 3.00. The van der Waals surface area contributed by atoms with Crippen molar-refractivity contribution in [3.8, 4) is 0 Å². The van der Waals surface area contributed by atoms with E-state index in [-0.39, 0.29) is 11.5 Å². The molecule has 1 aliphatic heterocycles. The van der Waals surface area contributed by atoms with Crippen LogP contribution in [-0.4, -0.2) is 41.7 Å². The molecule has 5 heteroatoms. The molecule has 1 aliphatic carbocycles. The number of rotatable bonds is 3. The maximum Gasteiger partial charge on any atom is 0.232 e. The van der Waals surface area contributed by atoms with Gasteiger partial charge in [0.25, 0.3) is 0 Å². The fourth-order valence-corrected chi connectivity index (χ4v) is 3.00. The molecule has 1 N–H and O–H groups in total. The number of aromatic nitrogens is 2. The van der Waals surface area contributed by atoms with Crippen molar-refractivity contribution < 1.29 is 4.52 Å². The van der Waals surface area contributed by atoms with E-state index in [4.69, 9.17) is 4.52 Å². The highest BCUT2D eigenvalue weighted by molar-refractivity contribution is 5.11. The third-order valence-electron chi connectivity index (χ3n) is 4.69. The second kappa shape index (κ2) is 4.63. The molecule has 0 amide bonds. The van der Waals surface area contributed by atoms with Crippen LogP contribution in [0.5, 0.6) is 0 Å². The van der Waals surface area contributed by atoms with Crippen LogP contribution in [0.1, 0.15) is 50.4 Å². The third kappa shape index (κ3) is 1.86. The Morgan fingerprint density at radius 2 is 2.33 bits per heavy atom. The fraction of sp³-hybridized carbons (Fsp3) is 0.846. The third-order valence-corrected chi connectivity index (χ3v) is 4.69. The lowest BCUT2D eigenvalue weighted by Gasteiger charge is -2.37. The van der Waals surface area contributed by atoms with Crippen LogP contribution in [0.2, 0.25) is 0 Å². The summed E-state index contributed by atoms with van der Waals surface area (Å²) in [6, 6.07) is 0.255. The zero-order valence-corrected chi connectivity index (χ0v) is 11.3. The summed E-state index contributed by atoms with van der Waals surface area (Å²) in [5.74, 6) is 1.71. The number of piperazine rings is 1. The van der Waals surface area contributed by atoms with Crippen LogP contribution < -0.4 is 5.32 Å². The molecule has 1 unspecified atom stereocenters. The van der Waals surface area contributed by atoms with Crippen LogP contribution in [0.3, 0.4) is 0 Å². The molecule has 1 saturated carbocycles. The van der Waals surface area contributed by atoms with E-state index in [2.05, 4.69) is 34.3 Å². The molecule has 100 valence electrons. The van der Waals surface area contributed by atoms with Gasteiger partial charge in [0.1, 0.15) is 0 Å². The zero-order chi connectivity index (χ0) is 12.6. The average molecular weight is 250 g/mol. The maximum absolute atomic E-state index is 5.55. The van der Waals surface area contributed by atoms with E-state index in [9.17, 15) is 0 Å². The van der Waals surface area contributed by atoms with Crippen LogP contribution in [-0.2, 0) is 5.41 Å². The van der Waals surface area contributed by atoms with Gasteiger partial charge in [-0.05, 0) is 26.3 Å². The normalized spacial score (nSPS) is 28.0. The molecule has 1 atom stereocenters. The summed E-state index contributed by atoms with van der Waals surface area (Å²) in [7, 11) is 2.13. The van der Waals surface area contributed by atoms with Gasteiger partial charge in [0.05, 0.1) is 6.04 Å². The first-order chi connectivity index (χ1) is 8.75. The Morgan fingerprint density at radius 3 is 2.94 bits per heavy atom. The first-order valence-electron chi connectivity index (χ1n) is 7.00. The van der Waals surface area contributed by atoms with Crippen molar-refractivity contribution in [2.45, 2.75) is 44.1 Å². The second-order valence-electron chi connectivity index (χ2n) is 5.65. The average Bonchev–Trinajstić information content (AvgIpc) is 2.79. The molecule has 1 aromatic heterocycles. The Bertz CT molecular complexity index is 407. The molecular formula is C13H22N4O. The molecule has 5 nitrogen and oxygen atoms in total. The van der Waals surface area contributed by atoms with E-state index in [0.29, 0.717) is 0 Å². The summed E-state index contributed by atoms with van der Waals surface area (Å²) in [5.41, 5.74) is 0.186. The highest BCUT2D eigenvalue weighted by atomic mass is 16.5. The summed E-state index contributed by atoms with van der Waals surface area (Å²) >= 11 is 0. The quantitative estimate of drug-likeness (QED) is 0.880. The van der Waals surface area contributed by atoms with Crippen LogP contribution in [0, 0.1) is 0 Å². The predicted octanol–water partition coefficient (Wildman–Crippen LogP) is 1.48. The lowest BCUT2D eigenvalue weighted by molar-refractivity contribution is 0.166. The molecule has 0 radical (unpaired) electrons. The van der Waals surface area contributed by atoms with Gasteiger partial charge in [0, 0.05) is 25.0 Å². The van der Waals surface area contributed by atoms with Gasteiger partial charge in [-0.3, -0.25) is 4.90 Å². The molecule has 2 aliphatic rings. The van der Waals surface area contributed by atoms with E-state index in [1.807, 2.05) is 0 Å². The largest absolute Gasteiger partial charge is 0.339 e. The van der Waals surface area contributed by atoms with Gasteiger partial charge in [-0.15, -0.1) is 0 Å². The summed E-state index contributed by atoms with van der Waals surface area (Å²) in [6.07, 6.45) is 4.79. The van der Waals surface area contributed by atoms with Crippen LogP contribution in [0.25, 0.3) is 0 Å². The summed E-state index contributed by atoms with van der Waals surface area (Å²) in [4.78, 5) is 6.99. The molecule has 3 rings (SSSR count). The molecular weight excluding hydrogens is 228 g/mol. The number of hydrogen-bond acceptors (Lipinski definition) is 5. The maximum atomic E-state index is 5.55. The summed E-state index contributed by atoms with van der Waals surface area (Å²) in [5, 5.41) is 7.61. The Hall–Kier alpha value is -0.940. The predicted molar refractivity (Wildman–Crippen MR) is 68.4 cm³/mol. The minimum atomic E-state index is 0.186. The van der Waals surface area contributed by atoms with E-state index >= 15 is 0 Å².